The molecule has 0 aliphatic carbocycles. The Morgan fingerprint density at radius 3 is 2.50 bits per heavy atom. The van der Waals surface area contributed by atoms with E-state index in [2.05, 4.69) is 10.3 Å². The number of esters is 1. The first-order chi connectivity index (χ1) is 9.54. The fraction of sp³-hybridized carbons (Fsp3) is 0.583. The second kappa shape index (κ2) is 5.81. The SMILES string of the molecule is CCOC(=O)c1nnn(CCN2C(=O)CCC2=O)c1C. The van der Waals surface area contributed by atoms with Gasteiger partial charge in [0.25, 0.3) is 0 Å². The van der Waals surface area contributed by atoms with Crippen LogP contribution in [0.3, 0.4) is 0 Å². The molecule has 0 atom stereocenters. The van der Waals surface area contributed by atoms with Gasteiger partial charge in [0.15, 0.2) is 5.69 Å². The van der Waals surface area contributed by atoms with E-state index in [0.29, 0.717) is 12.2 Å². The van der Waals surface area contributed by atoms with Gasteiger partial charge in [-0.25, -0.2) is 9.48 Å². The van der Waals surface area contributed by atoms with Gasteiger partial charge in [-0.05, 0) is 13.8 Å². The number of hydrogen-bond donors (Lipinski definition) is 0. The van der Waals surface area contributed by atoms with Crippen LogP contribution < -0.4 is 0 Å². The van der Waals surface area contributed by atoms with E-state index in [1.807, 2.05) is 0 Å². The lowest BCUT2D eigenvalue weighted by atomic mass is 10.3. The minimum atomic E-state index is -0.524. The number of aromatic nitrogens is 3. The van der Waals surface area contributed by atoms with Crippen LogP contribution in [0.4, 0.5) is 0 Å². The van der Waals surface area contributed by atoms with Gasteiger partial charge in [-0.1, -0.05) is 5.21 Å². The molecule has 2 amide bonds. The second-order valence-electron chi connectivity index (χ2n) is 4.41. The summed E-state index contributed by atoms with van der Waals surface area (Å²) in [6.07, 6.45) is 0.534. The molecule has 0 unspecified atom stereocenters. The first kappa shape index (κ1) is 14.2. The molecule has 2 rings (SSSR count). The van der Waals surface area contributed by atoms with E-state index in [9.17, 15) is 14.4 Å². The lowest BCUT2D eigenvalue weighted by molar-refractivity contribution is -0.138. The maximum Gasteiger partial charge on any atom is 0.360 e. The molecule has 8 nitrogen and oxygen atoms in total. The van der Waals surface area contributed by atoms with Crippen LogP contribution in [0, 0.1) is 6.92 Å². The monoisotopic (exact) mass is 280 g/mol. The zero-order valence-corrected chi connectivity index (χ0v) is 11.5. The molecule has 20 heavy (non-hydrogen) atoms. The smallest absolute Gasteiger partial charge is 0.360 e. The molecule has 1 saturated heterocycles. The quantitative estimate of drug-likeness (QED) is 0.552. The number of likely N-dealkylation sites (tertiary alicyclic amines) is 1. The Labute approximate surface area is 115 Å². The molecule has 0 spiro atoms. The van der Waals surface area contributed by atoms with E-state index in [4.69, 9.17) is 4.74 Å². The topological polar surface area (TPSA) is 94.4 Å². The predicted octanol–water partition coefficient (Wildman–Crippen LogP) is -0.0878. The van der Waals surface area contributed by atoms with Crippen LogP contribution in [0.5, 0.6) is 0 Å². The van der Waals surface area contributed by atoms with E-state index >= 15 is 0 Å². The second-order valence-corrected chi connectivity index (χ2v) is 4.41. The van der Waals surface area contributed by atoms with E-state index < -0.39 is 5.97 Å². The Hall–Kier alpha value is -2.25. The van der Waals surface area contributed by atoms with Crippen molar-refractivity contribution in [3.05, 3.63) is 11.4 Å². The van der Waals surface area contributed by atoms with Gasteiger partial charge < -0.3 is 4.74 Å². The average molecular weight is 280 g/mol. The standard InChI is InChI=1S/C12H16N4O4/c1-3-20-12(19)11-8(2)16(14-13-11)7-6-15-9(17)4-5-10(15)18/h3-7H2,1-2H3. The van der Waals surface area contributed by atoms with Crippen molar-refractivity contribution < 1.29 is 19.1 Å². The first-order valence-corrected chi connectivity index (χ1v) is 6.45. The Kier molecular flexibility index (Phi) is 4.11. The van der Waals surface area contributed by atoms with Crippen molar-refractivity contribution >= 4 is 17.8 Å². The van der Waals surface area contributed by atoms with Crippen LogP contribution in [0.1, 0.15) is 35.9 Å². The van der Waals surface area contributed by atoms with Crippen molar-refractivity contribution in [1.82, 2.24) is 19.9 Å². The van der Waals surface area contributed by atoms with Crippen LogP contribution in [0.25, 0.3) is 0 Å². The molecule has 0 aromatic carbocycles. The molecule has 1 aliphatic rings. The molecule has 0 saturated carbocycles. The highest BCUT2D eigenvalue weighted by atomic mass is 16.5. The average Bonchev–Trinajstić information content (AvgIpc) is 2.92. The molecule has 0 radical (unpaired) electrons. The summed E-state index contributed by atoms with van der Waals surface area (Å²) in [7, 11) is 0. The molecule has 1 aromatic rings. The van der Waals surface area contributed by atoms with Gasteiger partial charge in [-0.3, -0.25) is 14.5 Å². The van der Waals surface area contributed by atoms with Crippen LogP contribution in [-0.4, -0.2) is 50.8 Å². The summed E-state index contributed by atoms with van der Waals surface area (Å²) in [5.74, 6) is -0.860. The number of amides is 2. The summed E-state index contributed by atoms with van der Waals surface area (Å²) in [5, 5.41) is 7.61. The van der Waals surface area contributed by atoms with Crippen molar-refractivity contribution in [3.8, 4) is 0 Å². The molecule has 108 valence electrons. The molecular weight excluding hydrogens is 264 g/mol. The molecule has 0 N–H and O–H groups in total. The summed E-state index contributed by atoms with van der Waals surface area (Å²) in [4.78, 5) is 35.8. The molecule has 1 aromatic heterocycles. The number of carbonyl (C=O) groups is 3. The lowest BCUT2D eigenvalue weighted by Crippen LogP contribution is -2.32. The van der Waals surface area contributed by atoms with Crippen molar-refractivity contribution in [2.24, 2.45) is 0 Å². The highest BCUT2D eigenvalue weighted by Gasteiger charge is 2.28. The summed E-state index contributed by atoms with van der Waals surface area (Å²) in [6.45, 7) is 4.23. The predicted molar refractivity (Wildman–Crippen MR) is 66.7 cm³/mol. The third-order valence-corrected chi connectivity index (χ3v) is 3.14. The van der Waals surface area contributed by atoms with E-state index in [-0.39, 0.29) is 43.5 Å². The van der Waals surface area contributed by atoms with Gasteiger partial charge in [0.2, 0.25) is 11.8 Å². The molecule has 1 fully saturated rings. The highest BCUT2D eigenvalue weighted by molar-refractivity contribution is 6.01. The Morgan fingerprint density at radius 1 is 1.25 bits per heavy atom. The summed E-state index contributed by atoms with van der Waals surface area (Å²) in [5.41, 5.74) is 0.716. The third-order valence-electron chi connectivity index (χ3n) is 3.14. The van der Waals surface area contributed by atoms with Crippen LogP contribution in [0.15, 0.2) is 0 Å². The number of carbonyl (C=O) groups excluding carboxylic acids is 3. The van der Waals surface area contributed by atoms with Crippen molar-refractivity contribution in [1.29, 1.82) is 0 Å². The van der Waals surface area contributed by atoms with Crippen LogP contribution in [0.2, 0.25) is 0 Å². The van der Waals surface area contributed by atoms with Gasteiger partial charge in [-0.15, -0.1) is 5.10 Å². The number of hydrogen-bond acceptors (Lipinski definition) is 6. The Morgan fingerprint density at radius 2 is 1.90 bits per heavy atom. The maximum absolute atomic E-state index is 11.6. The minimum Gasteiger partial charge on any atom is -0.461 e. The summed E-state index contributed by atoms with van der Waals surface area (Å²) < 4.78 is 6.35. The van der Waals surface area contributed by atoms with Gasteiger partial charge in [0.05, 0.1) is 18.8 Å². The zero-order chi connectivity index (χ0) is 14.7. The molecule has 0 bridgehead atoms. The first-order valence-electron chi connectivity index (χ1n) is 6.45. The third kappa shape index (κ3) is 2.68. The fourth-order valence-electron chi connectivity index (χ4n) is 2.03. The summed E-state index contributed by atoms with van der Waals surface area (Å²) in [6, 6.07) is 0. The number of nitrogens with zero attached hydrogens (tertiary/aromatic N) is 4. The van der Waals surface area contributed by atoms with E-state index in [0.717, 1.165) is 0 Å². The number of imide groups is 1. The molecular formula is C12H16N4O4. The Balaban J connectivity index is 2.02. The maximum atomic E-state index is 11.6. The van der Waals surface area contributed by atoms with E-state index in [1.54, 1.807) is 13.8 Å². The van der Waals surface area contributed by atoms with Crippen molar-refractivity contribution in [2.75, 3.05) is 13.2 Å². The van der Waals surface area contributed by atoms with Crippen LogP contribution >= 0.6 is 0 Å². The minimum absolute atomic E-state index is 0.158. The zero-order valence-electron chi connectivity index (χ0n) is 11.5. The largest absolute Gasteiger partial charge is 0.461 e. The normalized spacial score (nSPS) is 15.0. The molecule has 2 heterocycles. The van der Waals surface area contributed by atoms with Gasteiger partial charge in [0.1, 0.15) is 0 Å². The van der Waals surface area contributed by atoms with Gasteiger partial charge in [0, 0.05) is 19.4 Å². The van der Waals surface area contributed by atoms with Gasteiger partial charge >= 0.3 is 5.97 Å². The summed E-state index contributed by atoms with van der Waals surface area (Å²) >= 11 is 0. The number of ether oxygens (including phenoxy) is 1. The van der Waals surface area contributed by atoms with Crippen molar-refractivity contribution in [2.45, 2.75) is 33.2 Å². The van der Waals surface area contributed by atoms with Crippen LogP contribution in [-0.2, 0) is 20.9 Å². The molecule has 1 aliphatic heterocycles. The Bertz CT molecular complexity index is 536. The van der Waals surface area contributed by atoms with Gasteiger partial charge in [-0.2, -0.15) is 0 Å². The van der Waals surface area contributed by atoms with Crippen molar-refractivity contribution in [3.63, 3.8) is 0 Å². The van der Waals surface area contributed by atoms with E-state index in [1.165, 1.54) is 9.58 Å². The lowest BCUT2D eigenvalue weighted by Gasteiger charge is -2.13. The highest BCUT2D eigenvalue weighted by Crippen LogP contribution is 2.12. The molecule has 8 heteroatoms. The fourth-order valence-corrected chi connectivity index (χ4v) is 2.03. The number of rotatable bonds is 5.